The van der Waals surface area contributed by atoms with Gasteiger partial charge in [0.05, 0.1) is 12.7 Å². The highest BCUT2D eigenvalue weighted by Crippen LogP contribution is 2.26. The van der Waals surface area contributed by atoms with Crippen LogP contribution >= 0.6 is 0 Å². The van der Waals surface area contributed by atoms with E-state index >= 15 is 0 Å². The first-order chi connectivity index (χ1) is 8.79. The van der Waals surface area contributed by atoms with Gasteiger partial charge in [0, 0.05) is 0 Å². The third-order valence-electron chi connectivity index (χ3n) is 3.89. The Kier molecular flexibility index (Phi) is 5.21. The van der Waals surface area contributed by atoms with Crippen LogP contribution in [0.3, 0.4) is 0 Å². The fourth-order valence-corrected chi connectivity index (χ4v) is 2.84. The maximum atomic E-state index is 6.09. The van der Waals surface area contributed by atoms with E-state index in [-0.39, 0.29) is 0 Å². The van der Waals surface area contributed by atoms with Crippen molar-refractivity contribution < 1.29 is 4.74 Å². The SMILES string of the molecule is CC1CCCC(OCc2ccccc2CCN)C1. The van der Waals surface area contributed by atoms with Crippen LogP contribution in [0, 0.1) is 5.92 Å². The predicted molar refractivity (Wildman–Crippen MR) is 75.4 cm³/mol. The van der Waals surface area contributed by atoms with Gasteiger partial charge in [-0.15, -0.1) is 0 Å². The molecule has 2 heteroatoms. The Labute approximate surface area is 111 Å². The van der Waals surface area contributed by atoms with Crippen molar-refractivity contribution in [3.8, 4) is 0 Å². The number of hydrogen-bond acceptors (Lipinski definition) is 2. The zero-order valence-corrected chi connectivity index (χ0v) is 11.4. The Bertz CT molecular complexity index is 364. The van der Waals surface area contributed by atoms with E-state index in [1.165, 1.54) is 36.8 Å². The summed E-state index contributed by atoms with van der Waals surface area (Å²) in [6, 6.07) is 8.49. The van der Waals surface area contributed by atoms with Crippen LogP contribution in [0.4, 0.5) is 0 Å². The molecule has 2 N–H and O–H groups in total. The maximum Gasteiger partial charge on any atom is 0.0723 e. The molecular weight excluding hydrogens is 222 g/mol. The van der Waals surface area contributed by atoms with Crippen LogP contribution in [0.25, 0.3) is 0 Å². The molecule has 2 unspecified atom stereocenters. The van der Waals surface area contributed by atoms with Crippen LogP contribution in [0.15, 0.2) is 24.3 Å². The summed E-state index contributed by atoms with van der Waals surface area (Å²) in [5, 5.41) is 0. The lowest BCUT2D eigenvalue weighted by molar-refractivity contribution is 0.00439. The zero-order valence-electron chi connectivity index (χ0n) is 11.4. The molecule has 1 saturated carbocycles. The van der Waals surface area contributed by atoms with E-state index in [2.05, 4.69) is 31.2 Å². The lowest BCUT2D eigenvalue weighted by Gasteiger charge is -2.27. The average Bonchev–Trinajstić information content (AvgIpc) is 2.38. The largest absolute Gasteiger partial charge is 0.374 e. The molecule has 0 radical (unpaired) electrons. The summed E-state index contributed by atoms with van der Waals surface area (Å²) in [7, 11) is 0. The van der Waals surface area contributed by atoms with Gasteiger partial charge in [-0.2, -0.15) is 0 Å². The quantitative estimate of drug-likeness (QED) is 0.866. The Balaban J connectivity index is 1.89. The fourth-order valence-electron chi connectivity index (χ4n) is 2.84. The number of rotatable bonds is 5. The second kappa shape index (κ2) is 6.91. The maximum absolute atomic E-state index is 6.09. The minimum atomic E-state index is 0.458. The summed E-state index contributed by atoms with van der Waals surface area (Å²) in [5.41, 5.74) is 8.29. The number of nitrogens with two attached hydrogens (primary N) is 1. The monoisotopic (exact) mass is 247 g/mol. The van der Waals surface area contributed by atoms with Crippen LogP contribution in [0.2, 0.25) is 0 Å². The summed E-state index contributed by atoms with van der Waals surface area (Å²) >= 11 is 0. The van der Waals surface area contributed by atoms with Gasteiger partial charge in [-0.25, -0.2) is 0 Å². The Morgan fingerprint density at radius 3 is 2.72 bits per heavy atom. The van der Waals surface area contributed by atoms with Gasteiger partial charge in [-0.3, -0.25) is 0 Å². The van der Waals surface area contributed by atoms with Gasteiger partial charge in [0.25, 0.3) is 0 Å². The Hall–Kier alpha value is -0.860. The van der Waals surface area contributed by atoms with Crippen molar-refractivity contribution in [1.82, 2.24) is 0 Å². The minimum absolute atomic E-state index is 0.458. The van der Waals surface area contributed by atoms with Crippen LogP contribution in [0.1, 0.15) is 43.7 Å². The van der Waals surface area contributed by atoms with Gasteiger partial charge in [-0.05, 0) is 42.9 Å². The molecule has 2 atom stereocenters. The van der Waals surface area contributed by atoms with Crippen molar-refractivity contribution >= 4 is 0 Å². The van der Waals surface area contributed by atoms with E-state index in [0.29, 0.717) is 12.6 Å². The van der Waals surface area contributed by atoms with Crippen LogP contribution in [0.5, 0.6) is 0 Å². The first kappa shape index (κ1) is 13.6. The summed E-state index contributed by atoms with van der Waals surface area (Å²) in [4.78, 5) is 0. The summed E-state index contributed by atoms with van der Waals surface area (Å²) in [6.45, 7) is 3.78. The molecule has 18 heavy (non-hydrogen) atoms. The Morgan fingerprint density at radius 1 is 1.22 bits per heavy atom. The van der Waals surface area contributed by atoms with E-state index < -0.39 is 0 Å². The van der Waals surface area contributed by atoms with Crippen molar-refractivity contribution in [3.63, 3.8) is 0 Å². The lowest BCUT2D eigenvalue weighted by atomic mass is 9.89. The van der Waals surface area contributed by atoms with Crippen molar-refractivity contribution in [2.45, 2.75) is 51.7 Å². The van der Waals surface area contributed by atoms with Crippen molar-refractivity contribution in [2.75, 3.05) is 6.54 Å². The standard InChI is InChI=1S/C16H25NO/c1-13-5-4-8-16(11-13)18-12-15-7-3-2-6-14(15)9-10-17/h2-3,6-7,13,16H,4-5,8-12,17H2,1H3. The van der Waals surface area contributed by atoms with Gasteiger partial charge in [0.1, 0.15) is 0 Å². The molecule has 1 aliphatic carbocycles. The molecule has 2 rings (SSSR count). The smallest absolute Gasteiger partial charge is 0.0723 e. The molecule has 1 aromatic rings. The Morgan fingerprint density at radius 2 is 2.00 bits per heavy atom. The third kappa shape index (κ3) is 3.82. The first-order valence-electron chi connectivity index (χ1n) is 7.18. The highest BCUT2D eigenvalue weighted by molar-refractivity contribution is 5.26. The van der Waals surface area contributed by atoms with Crippen molar-refractivity contribution in [3.05, 3.63) is 35.4 Å². The molecule has 0 amide bonds. The second-order valence-electron chi connectivity index (χ2n) is 5.51. The van der Waals surface area contributed by atoms with Crippen molar-refractivity contribution in [2.24, 2.45) is 11.7 Å². The van der Waals surface area contributed by atoms with Gasteiger partial charge < -0.3 is 10.5 Å². The molecule has 2 nitrogen and oxygen atoms in total. The van der Waals surface area contributed by atoms with E-state index in [1.807, 2.05) is 0 Å². The van der Waals surface area contributed by atoms with E-state index in [9.17, 15) is 0 Å². The van der Waals surface area contributed by atoms with Gasteiger partial charge in [0.15, 0.2) is 0 Å². The average molecular weight is 247 g/mol. The molecule has 0 saturated heterocycles. The molecular formula is C16H25NO. The van der Waals surface area contributed by atoms with Gasteiger partial charge >= 0.3 is 0 Å². The first-order valence-corrected chi connectivity index (χ1v) is 7.18. The van der Waals surface area contributed by atoms with E-state index in [1.54, 1.807) is 0 Å². The van der Waals surface area contributed by atoms with Crippen LogP contribution in [-0.4, -0.2) is 12.6 Å². The normalized spacial score (nSPS) is 24.1. The molecule has 0 bridgehead atoms. The summed E-state index contributed by atoms with van der Waals surface area (Å²) in [6.07, 6.45) is 6.53. The number of ether oxygens (including phenoxy) is 1. The summed E-state index contributed by atoms with van der Waals surface area (Å²) < 4.78 is 6.09. The number of hydrogen-bond donors (Lipinski definition) is 1. The molecule has 0 spiro atoms. The zero-order chi connectivity index (χ0) is 12.8. The predicted octanol–water partition coefficient (Wildman–Crippen LogP) is 3.28. The topological polar surface area (TPSA) is 35.2 Å². The fraction of sp³-hybridized carbons (Fsp3) is 0.625. The highest BCUT2D eigenvalue weighted by atomic mass is 16.5. The molecule has 0 aliphatic heterocycles. The van der Waals surface area contributed by atoms with Crippen LogP contribution < -0.4 is 5.73 Å². The highest BCUT2D eigenvalue weighted by Gasteiger charge is 2.19. The molecule has 0 aromatic heterocycles. The second-order valence-corrected chi connectivity index (χ2v) is 5.51. The minimum Gasteiger partial charge on any atom is -0.374 e. The number of benzene rings is 1. The van der Waals surface area contributed by atoms with Gasteiger partial charge in [-0.1, -0.05) is 44.0 Å². The molecule has 100 valence electrons. The summed E-state index contributed by atoms with van der Waals surface area (Å²) in [5.74, 6) is 0.822. The molecule has 1 aromatic carbocycles. The molecule has 0 heterocycles. The van der Waals surface area contributed by atoms with E-state index in [4.69, 9.17) is 10.5 Å². The van der Waals surface area contributed by atoms with E-state index in [0.717, 1.165) is 18.9 Å². The molecule has 1 aliphatic rings. The van der Waals surface area contributed by atoms with Gasteiger partial charge in [0.2, 0.25) is 0 Å². The lowest BCUT2D eigenvalue weighted by Crippen LogP contribution is -2.21. The third-order valence-corrected chi connectivity index (χ3v) is 3.89. The molecule has 1 fully saturated rings. The van der Waals surface area contributed by atoms with Crippen LogP contribution in [-0.2, 0) is 17.8 Å². The van der Waals surface area contributed by atoms with Crippen molar-refractivity contribution in [1.29, 1.82) is 0 Å².